The molecular weight excluding hydrogens is 344 g/mol. The number of quaternary nitrogens is 1. The molecule has 0 saturated carbocycles. The Labute approximate surface area is 161 Å². The third-order valence-electron chi connectivity index (χ3n) is 7.08. The normalized spacial score (nSPS) is 32.9. The van der Waals surface area contributed by atoms with Crippen LogP contribution in [0.5, 0.6) is 0 Å². The standard InChI is InChI=1S/C20H32N4O3/c1-14(25)22-9-11-24(12-10-22)18-17(19(26)20(18)27)21-13-15-5-4-8-23-7-3-2-6-16(15)23/h15-16,18,21,26H,2-13H2,1H3/p+1/t15-,16-,18?/m1/s1. The van der Waals surface area contributed by atoms with E-state index in [1.54, 1.807) is 6.92 Å². The van der Waals surface area contributed by atoms with Crippen LogP contribution in [0, 0.1) is 5.92 Å². The predicted molar refractivity (Wildman–Crippen MR) is 101 cm³/mol. The van der Waals surface area contributed by atoms with E-state index in [2.05, 4.69) is 10.2 Å². The van der Waals surface area contributed by atoms with Gasteiger partial charge in [-0.2, -0.15) is 0 Å². The van der Waals surface area contributed by atoms with E-state index in [1.807, 2.05) is 4.90 Å². The number of hydrogen-bond donors (Lipinski definition) is 3. The fraction of sp³-hybridized carbons (Fsp3) is 0.800. The molecule has 150 valence electrons. The first-order chi connectivity index (χ1) is 13.1. The highest BCUT2D eigenvalue weighted by Gasteiger charge is 2.48. The smallest absolute Gasteiger partial charge is 0.262 e. The van der Waals surface area contributed by atoms with Gasteiger partial charge in [0.25, 0.3) is 5.78 Å². The summed E-state index contributed by atoms with van der Waals surface area (Å²) in [7, 11) is 0. The zero-order valence-electron chi connectivity index (χ0n) is 16.4. The van der Waals surface area contributed by atoms with Gasteiger partial charge in [0.2, 0.25) is 5.91 Å². The number of rotatable bonds is 4. The number of carbonyl (C=O) groups is 2. The second kappa shape index (κ2) is 7.80. The molecule has 1 aliphatic carbocycles. The number of amides is 1. The lowest BCUT2D eigenvalue weighted by Crippen LogP contribution is -3.20. The average molecular weight is 378 g/mol. The van der Waals surface area contributed by atoms with E-state index in [1.165, 1.54) is 50.1 Å². The third kappa shape index (κ3) is 3.59. The van der Waals surface area contributed by atoms with Crippen molar-refractivity contribution >= 4 is 11.7 Å². The highest BCUT2D eigenvalue weighted by molar-refractivity contribution is 6.06. The highest BCUT2D eigenvalue weighted by Crippen LogP contribution is 2.31. The molecule has 0 bridgehead atoms. The number of carbonyl (C=O) groups excluding carboxylic acids is 2. The first-order valence-corrected chi connectivity index (χ1v) is 10.6. The quantitative estimate of drug-likeness (QED) is 0.605. The van der Waals surface area contributed by atoms with E-state index in [-0.39, 0.29) is 23.5 Å². The van der Waals surface area contributed by atoms with Crippen molar-refractivity contribution in [2.45, 2.75) is 51.1 Å². The van der Waals surface area contributed by atoms with Crippen LogP contribution in [0.25, 0.3) is 0 Å². The summed E-state index contributed by atoms with van der Waals surface area (Å²) in [5.74, 6) is 0.477. The van der Waals surface area contributed by atoms with E-state index in [4.69, 9.17) is 0 Å². The number of nitrogens with one attached hydrogen (secondary N) is 2. The van der Waals surface area contributed by atoms with E-state index in [0.29, 0.717) is 25.0 Å². The lowest BCUT2D eigenvalue weighted by molar-refractivity contribution is -0.916. The minimum Gasteiger partial charge on any atom is -0.503 e. The summed E-state index contributed by atoms with van der Waals surface area (Å²) in [6.45, 7) is 7.77. The Balaban J connectivity index is 1.35. The van der Waals surface area contributed by atoms with Crippen molar-refractivity contribution in [3.05, 3.63) is 11.5 Å². The maximum Gasteiger partial charge on any atom is 0.262 e. The maximum atomic E-state index is 12.3. The fourth-order valence-electron chi connectivity index (χ4n) is 5.49. The van der Waals surface area contributed by atoms with Gasteiger partial charge in [0, 0.05) is 19.5 Å². The van der Waals surface area contributed by atoms with Crippen LogP contribution in [0.2, 0.25) is 0 Å². The lowest BCUT2D eigenvalue weighted by Gasteiger charge is -2.45. The number of ketones is 1. The number of hydrogen-bond acceptors (Lipinski definition) is 5. The van der Waals surface area contributed by atoms with Crippen molar-refractivity contribution in [1.29, 1.82) is 0 Å². The Morgan fingerprint density at radius 3 is 2.63 bits per heavy atom. The van der Waals surface area contributed by atoms with Crippen LogP contribution in [-0.2, 0) is 9.59 Å². The molecule has 3 aliphatic heterocycles. The van der Waals surface area contributed by atoms with Crippen LogP contribution >= 0.6 is 0 Å². The molecule has 1 unspecified atom stereocenters. The molecule has 3 heterocycles. The highest BCUT2D eigenvalue weighted by atomic mass is 16.3. The van der Waals surface area contributed by atoms with Gasteiger partial charge >= 0.3 is 0 Å². The Morgan fingerprint density at radius 2 is 1.89 bits per heavy atom. The zero-order valence-corrected chi connectivity index (χ0v) is 16.4. The van der Waals surface area contributed by atoms with Crippen LogP contribution < -0.4 is 10.2 Å². The Kier molecular flexibility index (Phi) is 5.41. The van der Waals surface area contributed by atoms with Gasteiger partial charge in [-0.25, -0.2) is 0 Å². The molecule has 27 heavy (non-hydrogen) atoms. The van der Waals surface area contributed by atoms with Crippen molar-refractivity contribution in [2.24, 2.45) is 5.92 Å². The second-order valence-electron chi connectivity index (χ2n) is 8.61. The summed E-state index contributed by atoms with van der Waals surface area (Å²) in [4.78, 5) is 29.5. The molecule has 4 aliphatic rings. The SMILES string of the molecule is CC(=O)N1CC[NH+](C2C(=O)C(O)=C2NC[C@H]2CCCN3CCCC[C@H]23)CC1. The molecule has 1 amide bonds. The van der Waals surface area contributed by atoms with Crippen LogP contribution in [-0.4, -0.2) is 84.5 Å². The number of nitrogens with zero attached hydrogens (tertiary/aromatic N) is 2. The summed E-state index contributed by atoms with van der Waals surface area (Å²) in [5.41, 5.74) is 0.735. The summed E-state index contributed by atoms with van der Waals surface area (Å²) in [6, 6.07) is 0.383. The van der Waals surface area contributed by atoms with Crippen molar-refractivity contribution in [1.82, 2.24) is 15.1 Å². The zero-order chi connectivity index (χ0) is 19.0. The van der Waals surface area contributed by atoms with Gasteiger partial charge in [-0.15, -0.1) is 0 Å². The van der Waals surface area contributed by atoms with Crippen molar-refractivity contribution in [2.75, 3.05) is 45.8 Å². The van der Waals surface area contributed by atoms with Crippen molar-refractivity contribution < 1.29 is 19.6 Å². The Hall–Kier alpha value is -1.60. The molecule has 3 fully saturated rings. The summed E-state index contributed by atoms with van der Waals surface area (Å²) in [5, 5.41) is 13.6. The molecule has 0 radical (unpaired) electrons. The minimum atomic E-state index is -0.273. The molecule has 4 rings (SSSR count). The summed E-state index contributed by atoms with van der Waals surface area (Å²) >= 11 is 0. The minimum absolute atomic E-state index is 0.0715. The molecule has 0 spiro atoms. The molecule has 0 aromatic heterocycles. The molecule has 3 N–H and O–H groups in total. The van der Waals surface area contributed by atoms with Crippen LogP contribution in [0.15, 0.2) is 11.5 Å². The summed E-state index contributed by atoms with van der Waals surface area (Å²) < 4.78 is 0. The average Bonchev–Trinajstić information content (AvgIpc) is 2.70. The van der Waals surface area contributed by atoms with Crippen LogP contribution in [0.1, 0.15) is 39.0 Å². The Bertz CT molecular complexity index is 625. The van der Waals surface area contributed by atoms with Gasteiger partial charge in [-0.05, 0) is 44.7 Å². The topological polar surface area (TPSA) is 77.3 Å². The fourth-order valence-corrected chi connectivity index (χ4v) is 5.49. The van der Waals surface area contributed by atoms with E-state index in [9.17, 15) is 14.7 Å². The third-order valence-corrected chi connectivity index (χ3v) is 7.08. The molecule has 0 aromatic carbocycles. The number of fused-ring (bicyclic) bond motifs is 1. The van der Waals surface area contributed by atoms with Gasteiger partial charge in [0.15, 0.2) is 11.8 Å². The van der Waals surface area contributed by atoms with Crippen LogP contribution in [0.3, 0.4) is 0 Å². The molecule has 0 aromatic rings. The van der Waals surface area contributed by atoms with E-state index < -0.39 is 0 Å². The first kappa shape index (κ1) is 18.7. The van der Waals surface area contributed by atoms with Gasteiger partial charge < -0.3 is 25.1 Å². The lowest BCUT2D eigenvalue weighted by atomic mass is 9.83. The van der Waals surface area contributed by atoms with Gasteiger partial charge in [-0.1, -0.05) is 6.42 Å². The predicted octanol–water partition coefficient (Wildman–Crippen LogP) is -0.692. The molecular formula is C20H33N4O3+. The van der Waals surface area contributed by atoms with E-state index >= 15 is 0 Å². The maximum absolute atomic E-state index is 12.3. The van der Waals surface area contributed by atoms with Crippen LogP contribution in [0.4, 0.5) is 0 Å². The molecule has 7 heteroatoms. The number of aliphatic hydroxyl groups excluding tert-OH is 1. The summed E-state index contributed by atoms with van der Waals surface area (Å²) in [6.07, 6.45) is 6.38. The van der Waals surface area contributed by atoms with Gasteiger partial charge in [0.05, 0.1) is 26.2 Å². The van der Waals surface area contributed by atoms with E-state index in [0.717, 1.165) is 25.3 Å². The monoisotopic (exact) mass is 377 g/mol. The number of piperidine rings is 2. The molecule has 3 atom stereocenters. The largest absolute Gasteiger partial charge is 0.503 e. The Morgan fingerprint density at radius 1 is 1.15 bits per heavy atom. The van der Waals surface area contributed by atoms with Gasteiger partial charge in [0.1, 0.15) is 5.70 Å². The number of aliphatic hydroxyl groups is 1. The van der Waals surface area contributed by atoms with Gasteiger partial charge in [-0.3, -0.25) is 9.59 Å². The number of piperazine rings is 1. The molecule has 3 saturated heterocycles. The second-order valence-corrected chi connectivity index (χ2v) is 8.61. The van der Waals surface area contributed by atoms with Crippen molar-refractivity contribution in [3.63, 3.8) is 0 Å². The number of Topliss-reactive ketones (excluding diaryl/α,β-unsaturated/α-hetero) is 1. The first-order valence-electron chi connectivity index (χ1n) is 10.6. The van der Waals surface area contributed by atoms with Crippen molar-refractivity contribution in [3.8, 4) is 0 Å². The molecule has 7 nitrogen and oxygen atoms in total.